The number of aliphatic hydroxyl groups excluding tert-OH is 2. The van der Waals surface area contributed by atoms with Crippen molar-refractivity contribution in [3.8, 4) is 5.88 Å². The standard InChI is InChI=1S/C10H16N2O3/c1-15-10-4-2-3-8(12-10)5-11-9(6-13)7-14/h2-4,9,11,13-14H,5-7H2,1H3. The van der Waals surface area contributed by atoms with E-state index in [-0.39, 0.29) is 19.3 Å². The molecule has 5 nitrogen and oxygen atoms in total. The van der Waals surface area contributed by atoms with Crippen LogP contribution >= 0.6 is 0 Å². The second kappa shape index (κ2) is 6.34. The number of aromatic nitrogens is 1. The summed E-state index contributed by atoms with van der Waals surface area (Å²) in [5.41, 5.74) is 0.807. The van der Waals surface area contributed by atoms with Crippen molar-refractivity contribution in [3.63, 3.8) is 0 Å². The van der Waals surface area contributed by atoms with Crippen LogP contribution in [0.1, 0.15) is 5.69 Å². The van der Waals surface area contributed by atoms with E-state index in [9.17, 15) is 0 Å². The van der Waals surface area contributed by atoms with Gasteiger partial charge in [0, 0.05) is 12.6 Å². The van der Waals surface area contributed by atoms with Gasteiger partial charge in [-0.15, -0.1) is 0 Å². The zero-order chi connectivity index (χ0) is 11.1. The van der Waals surface area contributed by atoms with Crippen LogP contribution < -0.4 is 10.1 Å². The third-order valence-corrected chi connectivity index (χ3v) is 2.00. The van der Waals surface area contributed by atoms with Crippen molar-refractivity contribution in [1.29, 1.82) is 0 Å². The lowest BCUT2D eigenvalue weighted by Crippen LogP contribution is -2.35. The van der Waals surface area contributed by atoms with Gasteiger partial charge in [0.1, 0.15) is 0 Å². The van der Waals surface area contributed by atoms with Crippen molar-refractivity contribution in [1.82, 2.24) is 10.3 Å². The highest BCUT2D eigenvalue weighted by atomic mass is 16.5. The minimum absolute atomic E-state index is 0.0968. The van der Waals surface area contributed by atoms with Crippen LogP contribution in [0.3, 0.4) is 0 Å². The number of nitrogens with one attached hydrogen (secondary N) is 1. The Morgan fingerprint density at radius 3 is 2.73 bits per heavy atom. The molecular formula is C10H16N2O3. The molecule has 0 aliphatic carbocycles. The largest absolute Gasteiger partial charge is 0.481 e. The fourth-order valence-corrected chi connectivity index (χ4v) is 1.11. The first-order valence-corrected chi connectivity index (χ1v) is 4.75. The van der Waals surface area contributed by atoms with E-state index < -0.39 is 0 Å². The highest BCUT2D eigenvalue weighted by Crippen LogP contribution is 2.06. The molecule has 1 rings (SSSR count). The lowest BCUT2D eigenvalue weighted by atomic mass is 10.3. The van der Waals surface area contributed by atoms with E-state index in [1.807, 2.05) is 12.1 Å². The molecule has 0 amide bonds. The molecular weight excluding hydrogens is 196 g/mol. The summed E-state index contributed by atoms with van der Waals surface area (Å²) in [6.45, 7) is 0.296. The lowest BCUT2D eigenvalue weighted by molar-refractivity contribution is 0.170. The number of hydrogen-bond donors (Lipinski definition) is 3. The predicted octanol–water partition coefficient (Wildman–Crippen LogP) is -0.467. The Bertz CT molecular complexity index is 290. The molecule has 0 fully saturated rings. The fraction of sp³-hybridized carbons (Fsp3) is 0.500. The smallest absolute Gasteiger partial charge is 0.213 e. The van der Waals surface area contributed by atoms with E-state index in [1.54, 1.807) is 13.2 Å². The van der Waals surface area contributed by atoms with E-state index in [0.29, 0.717) is 12.4 Å². The Kier molecular flexibility index (Phi) is 5.03. The van der Waals surface area contributed by atoms with E-state index >= 15 is 0 Å². The average Bonchev–Trinajstić information content (AvgIpc) is 2.31. The number of nitrogens with zero attached hydrogens (tertiary/aromatic N) is 1. The fourth-order valence-electron chi connectivity index (χ4n) is 1.11. The van der Waals surface area contributed by atoms with Crippen LogP contribution in [0, 0.1) is 0 Å². The summed E-state index contributed by atoms with van der Waals surface area (Å²) in [5, 5.41) is 20.6. The van der Waals surface area contributed by atoms with Crippen molar-refractivity contribution in [3.05, 3.63) is 23.9 Å². The number of aliphatic hydroxyl groups is 2. The Morgan fingerprint density at radius 2 is 2.13 bits per heavy atom. The van der Waals surface area contributed by atoms with Gasteiger partial charge in [-0.25, -0.2) is 4.98 Å². The summed E-state index contributed by atoms with van der Waals surface area (Å²) in [7, 11) is 1.56. The quantitative estimate of drug-likeness (QED) is 0.594. The first-order valence-electron chi connectivity index (χ1n) is 4.75. The molecule has 0 unspecified atom stereocenters. The molecule has 5 heteroatoms. The number of ether oxygens (including phenoxy) is 1. The van der Waals surface area contributed by atoms with Gasteiger partial charge in [-0.1, -0.05) is 6.07 Å². The van der Waals surface area contributed by atoms with Crippen LogP contribution in [-0.2, 0) is 6.54 Å². The van der Waals surface area contributed by atoms with Crippen LogP contribution in [-0.4, -0.2) is 41.6 Å². The number of methoxy groups -OCH3 is 1. The zero-order valence-electron chi connectivity index (χ0n) is 8.68. The summed E-state index contributed by atoms with van der Waals surface area (Å²) in [4.78, 5) is 4.18. The van der Waals surface area contributed by atoms with Gasteiger partial charge in [0.2, 0.25) is 5.88 Å². The molecule has 0 aliphatic heterocycles. The summed E-state index contributed by atoms with van der Waals surface area (Å²) < 4.78 is 4.98. The van der Waals surface area contributed by atoms with Gasteiger partial charge < -0.3 is 20.3 Å². The molecule has 0 bridgehead atoms. The highest BCUT2D eigenvalue weighted by Gasteiger charge is 2.05. The third-order valence-electron chi connectivity index (χ3n) is 2.00. The summed E-state index contributed by atoms with van der Waals surface area (Å²) in [6.07, 6.45) is 0. The monoisotopic (exact) mass is 212 g/mol. The molecule has 0 aromatic carbocycles. The molecule has 0 spiro atoms. The molecule has 1 heterocycles. The number of rotatable bonds is 6. The van der Waals surface area contributed by atoms with Crippen LogP contribution in [0.15, 0.2) is 18.2 Å². The Labute approximate surface area is 88.7 Å². The molecule has 0 saturated carbocycles. The summed E-state index contributed by atoms with van der Waals surface area (Å²) >= 11 is 0. The minimum atomic E-state index is -0.307. The normalized spacial score (nSPS) is 10.7. The second-order valence-electron chi connectivity index (χ2n) is 3.11. The lowest BCUT2D eigenvalue weighted by Gasteiger charge is -2.12. The van der Waals surface area contributed by atoms with Crippen molar-refractivity contribution >= 4 is 0 Å². The van der Waals surface area contributed by atoms with Crippen molar-refractivity contribution in [2.75, 3.05) is 20.3 Å². The molecule has 1 aromatic rings. The maximum Gasteiger partial charge on any atom is 0.213 e. The van der Waals surface area contributed by atoms with Gasteiger partial charge in [0.15, 0.2) is 0 Å². The second-order valence-corrected chi connectivity index (χ2v) is 3.11. The summed E-state index contributed by atoms with van der Waals surface area (Å²) in [6, 6.07) is 5.15. The molecule has 84 valence electrons. The predicted molar refractivity (Wildman–Crippen MR) is 55.6 cm³/mol. The maximum atomic E-state index is 8.84. The van der Waals surface area contributed by atoms with Gasteiger partial charge in [0.25, 0.3) is 0 Å². The van der Waals surface area contributed by atoms with Gasteiger partial charge in [-0.3, -0.25) is 0 Å². The molecule has 1 aromatic heterocycles. The van der Waals surface area contributed by atoms with Crippen LogP contribution in [0.5, 0.6) is 5.88 Å². The topological polar surface area (TPSA) is 74.6 Å². The Hall–Kier alpha value is -1.17. The Morgan fingerprint density at radius 1 is 1.40 bits per heavy atom. The van der Waals surface area contributed by atoms with Crippen LogP contribution in [0.2, 0.25) is 0 Å². The minimum Gasteiger partial charge on any atom is -0.481 e. The first kappa shape index (κ1) is 11.9. The number of pyridine rings is 1. The maximum absolute atomic E-state index is 8.84. The molecule has 3 N–H and O–H groups in total. The van der Waals surface area contributed by atoms with Gasteiger partial charge in [-0.05, 0) is 6.07 Å². The third kappa shape index (κ3) is 3.83. The molecule has 0 radical (unpaired) electrons. The van der Waals surface area contributed by atoms with Crippen molar-refractivity contribution in [2.24, 2.45) is 0 Å². The summed E-state index contributed by atoms with van der Waals surface area (Å²) in [5.74, 6) is 0.554. The van der Waals surface area contributed by atoms with Crippen molar-refractivity contribution < 1.29 is 14.9 Å². The van der Waals surface area contributed by atoms with Crippen LogP contribution in [0.4, 0.5) is 0 Å². The van der Waals surface area contributed by atoms with E-state index in [0.717, 1.165) is 5.69 Å². The van der Waals surface area contributed by atoms with Gasteiger partial charge >= 0.3 is 0 Å². The number of hydrogen-bond acceptors (Lipinski definition) is 5. The SMILES string of the molecule is COc1cccc(CNC(CO)CO)n1. The van der Waals surface area contributed by atoms with Crippen LogP contribution in [0.25, 0.3) is 0 Å². The molecule has 0 saturated heterocycles. The zero-order valence-corrected chi connectivity index (χ0v) is 8.68. The Balaban J connectivity index is 2.49. The van der Waals surface area contributed by atoms with Gasteiger partial charge in [-0.2, -0.15) is 0 Å². The van der Waals surface area contributed by atoms with Crippen molar-refractivity contribution in [2.45, 2.75) is 12.6 Å². The molecule has 15 heavy (non-hydrogen) atoms. The van der Waals surface area contributed by atoms with E-state index in [4.69, 9.17) is 14.9 Å². The highest BCUT2D eigenvalue weighted by molar-refractivity contribution is 5.15. The van der Waals surface area contributed by atoms with E-state index in [1.165, 1.54) is 0 Å². The molecule has 0 atom stereocenters. The molecule has 0 aliphatic rings. The first-order chi connectivity index (χ1) is 7.30. The van der Waals surface area contributed by atoms with E-state index in [2.05, 4.69) is 10.3 Å². The van der Waals surface area contributed by atoms with Gasteiger partial charge in [0.05, 0.1) is 32.1 Å². The average molecular weight is 212 g/mol.